The second-order valence-electron chi connectivity index (χ2n) is 6.65. The van der Waals surface area contributed by atoms with E-state index in [4.69, 9.17) is 4.74 Å². The molecule has 0 bridgehead atoms. The topological polar surface area (TPSA) is 119 Å². The Hall–Kier alpha value is -2.75. The number of amides is 3. The first-order valence-corrected chi connectivity index (χ1v) is 9.91. The van der Waals surface area contributed by atoms with Crippen molar-refractivity contribution in [2.24, 2.45) is 0 Å². The summed E-state index contributed by atoms with van der Waals surface area (Å²) in [4.78, 5) is 53.9. The van der Waals surface area contributed by atoms with E-state index >= 15 is 0 Å². The summed E-state index contributed by atoms with van der Waals surface area (Å²) in [7, 11) is 1.37. The van der Waals surface area contributed by atoms with Gasteiger partial charge in [-0.05, 0) is 32.3 Å². The third-order valence-corrected chi connectivity index (χ3v) is 5.88. The number of urea groups is 1. The second kappa shape index (κ2) is 8.09. The Morgan fingerprint density at radius 1 is 1.25 bits per heavy atom. The van der Waals surface area contributed by atoms with Gasteiger partial charge in [-0.3, -0.25) is 19.5 Å². The van der Waals surface area contributed by atoms with Crippen LogP contribution in [0.4, 0.5) is 4.79 Å². The molecule has 10 heteroatoms. The number of hydrogen-bond acceptors (Lipinski definition) is 7. The minimum absolute atomic E-state index is 0.139. The molecule has 3 heterocycles. The molecule has 2 aromatic heterocycles. The zero-order valence-corrected chi connectivity index (χ0v) is 16.8. The molecule has 3 amide bonds. The van der Waals surface area contributed by atoms with Crippen molar-refractivity contribution >= 4 is 39.5 Å². The Balaban J connectivity index is 1.89. The predicted molar refractivity (Wildman–Crippen MR) is 104 cm³/mol. The quantitative estimate of drug-likeness (QED) is 0.746. The maximum Gasteiger partial charge on any atom is 0.349 e. The molecule has 9 nitrogen and oxygen atoms in total. The van der Waals surface area contributed by atoms with Crippen molar-refractivity contribution < 1.29 is 19.1 Å². The summed E-state index contributed by atoms with van der Waals surface area (Å²) in [5.41, 5.74) is 0.362. The number of hydrogen-bond donors (Lipinski definition) is 2. The van der Waals surface area contributed by atoms with Crippen LogP contribution in [0.1, 0.15) is 47.2 Å². The van der Waals surface area contributed by atoms with E-state index in [1.807, 2.05) is 0 Å². The van der Waals surface area contributed by atoms with Crippen molar-refractivity contribution in [1.82, 2.24) is 20.2 Å². The molecular formula is C18H22N4O5S. The zero-order chi connectivity index (χ0) is 20.4. The largest absolute Gasteiger partial charge is 0.448 e. The van der Waals surface area contributed by atoms with Crippen molar-refractivity contribution in [2.45, 2.75) is 52.2 Å². The standard InChI is InChI=1S/C18H22N4O5S/c1-9-12-15(20-11-7-5-4-6-8-22(11)16(12)24)28-13(9)17(25)27-10(2)14(23)21-18(26)19-3/h10H,4-8H2,1-3H3,(H2,19,21,23,26). The Morgan fingerprint density at radius 2 is 2.00 bits per heavy atom. The fourth-order valence-electron chi connectivity index (χ4n) is 3.15. The van der Waals surface area contributed by atoms with Crippen LogP contribution >= 0.6 is 11.3 Å². The van der Waals surface area contributed by atoms with Crippen LogP contribution < -0.4 is 16.2 Å². The molecular weight excluding hydrogens is 384 g/mol. The van der Waals surface area contributed by atoms with E-state index in [2.05, 4.69) is 15.6 Å². The smallest absolute Gasteiger partial charge is 0.349 e. The van der Waals surface area contributed by atoms with E-state index in [1.165, 1.54) is 14.0 Å². The van der Waals surface area contributed by atoms with Crippen LogP contribution in [0.3, 0.4) is 0 Å². The maximum atomic E-state index is 12.9. The second-order valence-corrected chi connectivity index (χ2v) is 7.65. The Kier molecular flexibility index (Phi) is 5.78. The van der Waals surface area contributed by atoms with Gasteiger partial charge in [0.25, 0.3) is 11.5 Å². The Labute approximate surface area is 165 Å². The van der Waals surface area contributed by atoms with E-state index in [-0.39, 0.29) is 10.4 Å². The zero-order valence-electron chi connectivity index (χ0n) is 16.0. The van der Waals surface area contributed by atoms with Crippen LogP contribution in [0.25, 0.3) is 10.2 Å². The van der Waals surface area contributed by atoms with Gasteiger partial charge in [0.2, 0.25) is 0 Å². The number of nitrogens with one attached hydrogen (secondary N) is 2. The monoisotopic (exact) mass is 406 g/mol. The van der Waals surface area contributed by atoms with Crippen LogP contribution in [0, 0.1) is 6.92 Å². The molecule has 0 fully saturated rings. The fourth-order valence-corrected chi connectivity index (χ4v) is 4.22. The SMILES string of the molecule is CNC(=O)NC(=O)C(C)OC(=O)c1sc2nc3n(c(=O)c2c1C)CCCCC3. The summed E-state index contributed by atoms with van der Waals surface area (Å²) < 4.78 is 6.88. The molecule has 1 atom stereocenters. The average Bonchev–Trinajstić information content (AvgIpc) is 2.83. The molecule has 1 unspecified atom stereocenters. The first-order valence-electron chi connectivity index (χ1n) is 9.09. The minimum atomic E-state index is -1.17. The highest BCUT2D eigenvalue weighted by molar-refractivity contribution is 7.20. The van der Waals surface area contributed by atoms with Gasteiger partial charge >= 0.3 is 12.0 Å². The fraction of sp³-hybridized carbons (Fsp3) is 0.500. The summed E-state index contributed by atoms with van der Waals surface area (Å²) in [5.74, 6) is -0.717. The first kappa shape index (κ1) is 20.0. The predicted octanol–water partition coefficient (Wildman–Crippen LogP) is 1.49. The maximum absolute atomic E-state index is 12.9. The lowest BCUT2D eigenvalue weighted by Gasteiger charge is -2.12. The lowest BCUT2D eigenvalue weighted by atomic mass is 10.2. The summed E-state index contributed by atoms with van der Waals surface area (Å²) in [5, 5.41) is 4.72. The number of rotatable bonds is 3. The van der Waals surface area contributed by atoms with Gasteiger partial charge in [-0.25, -0.2) is 14.6 Å². The number of imide groups is 1. The van der Waals surface area contributed by atoms with Crippen LogP contribution in [0.2, 0.25) is 0 Å². The van der Waals surface area contributed by atoms with Gasteiger partial charge < -0.3 is 10.1 Å². The number of nitrogens with zero attached hydrogens (tertiary/aromatic N) is 2. The van der Waals surface area contributed by atoms with E-state index < -0.39 is 24.0 Å². The van der Waals surface area contributed by atoms with E-state index in [0.29, 0.717) is 22.3 Å². The molecule has 150 valence electrons. The van der Waals surface area contributed by atoms with Crippen LogP contribution in [0.5, 0.6) is 0 Å². The van der Waals surface area contributed by atoms with E-state index in [1.54, 1.807) is 11.5 Å². The van der Waals surface area contributed by atoms with Crippen molar-refractivity contribution in [1.29, 1.82) is 0 Å². The molecule has 0 aliphatic carbocycles. The normalized spacial score (nSPS) is 14.7. The molecule has 2 aromatic rings. The Bertz CT molecular complexity index is 1010. The summed E-state index contributed by atoms with van der Waals surface area (Å²) >= 11 is 1.09. The molecule has 2 N–H and O–H groups in total. The molecule has 0 saturated carbocycles. The molecule has 1 aliphatic rings. The molecule has 0 aromatic carbocycles. The van der Waals surface area contributed by atoms with Gasteiger partial charge in [-0.2, -0.15) is 0 Å². The van der Waals surface area contributed by atoms with Gasteiger partial charge in [-0.1, -0.05) is 6.42 Å². The number of carbonyl (C=O) groups excluding carboxylic acids is 3. The van der Waals surface area contributed by atoms with Crippen molar-refractivity contribution in [3.63, 3.8) is 0 Å². The first-order chi connectivity index (χ1) is 13.3. The molecule has 1 aliphatic heterocycles. The molecule has 0 spiro atoms. The van der Waals surface area contributed by atoms with Crippen LogP contribution in [-0.4, -0.2) is 40.6 Å². The van der Waals surface area contributed by atoms with Gasteiger partial charge in [0, 0.05) is 20.0 Å². The lowest BCUT2D eigenvalue weighted by molar-refractivity contribution is -0.127. The lowest BCUT2D eigenvalue weighted by Crippen LogP contribution is -2.43. The number of aryl methyl sites for hydroxylation is 2. The Morgan fingerprint density at radius 3 is 2.71 bits per heavy atom. The molecule has 0 saturated heterocycles. The van der Waals surface area contributed by atoms with Crippen molar-refractivity contribution in [3.05, 3.63) is 26.6 Å². The number of ether oxygens (including phenoxy) is 1. The number of thiophene rings is 1. The number of fused-ring (bicyclic) bond motifs is 2. The highest BCUT2D eigenvalue weighted by Crippen LogP contribution is 2.29. The molecule has 3 rings (SSSR count). The van der Waals surface area contributed by atoms with Crippen molar-refractivity contribution in [2.75, 3.05) is 7.05 Å². The van der Waals surface area contributed by atoms with E-state index in [0.717, 1.165) is 42.8 Å². The molecule has 0 radical (unpaired) electrons. The number of aromatic nitrogens is 2. The van der Waals surface area contributed by atoms with Gasteiger partial charge in [0.1, 0.15) is 15.5 Å². The summed E-state index contributed by atoms with van der Waals surface area (Å²) in [6.07, 6.45) is 2.53. The van der Waals surface area contributed by atoms with E-state index in [9.17, 15) is 19.2 Å². The van der Waals surface area contributed by atoms with Crippen molar-refractivity contribution in [3.8, 4) is 0 Å². The minimum Gasteiger partial charge on any atom is -0.448 e. The van der Waals surface area contributed by atoms with Gasteiger partial charge in [0.15, 0.2) is 6.10 Å². The van der Waals surface area contributed by atoms with Gasteiger partial charge in [-0.15, -0.1) is 11.3 Å². The highest BCUT2D eigenvalue weighted by atomic mass is 32.1. The summed E-state index contributed by atoms with van der Waals surface area (Å²) in [6, 6.07) is -0.690. The number of esters is 1. The average molecular weight is 406 g/mol. The van der Waals surface area contributed by atoms with Crippen LogP contribution in [0.15, 0.2) is 4.79 Å². The van der Waals surface area contributed by atoms with Crippen LogP contribution in [-0.2, 0) is 22.5 Å². The third kappa shape index (κ3) is 3.77. The molecule has 28 heavy (non-hydrogen) atoms. The number of carbonyl (C=O) groups is 3. The highest BCUT2D eigenvalue weighted by Gasteiger charge is 2.26. The van der Waals surface area contributed by atoms with Gasteiger partial charge in [0.05, 0.1) is 5.39 Å². The summed E-state index contributed by atoms with van der Waals surface area (Å²) in [6.45, 7) is 3.68. The third-order valence-electron chi connectivity index (χ3n) is 4.71.